The molecule has 0 bridgehead atoms. The van der Waals surface area contributed by atoms with Crippen LogP contribution in [0.2, 0.25) is 0 Å². The molecule has 0 aliphatic carbocycles. The first-order valence-electron chi connectivity index (χ1n) is 9.37. The highest BCUT2D eigenvalue weighted by atomic mass is 32.2. The molecule has 1 unspecified atom stereocenters. The van der Waals surface area contributed by atoms with Crippen molar-refractivity contribution in [1.82, 2.24) is 14.5 Å². The quantitative estimate of drug-likeness (QED) is 0.758. The predicted molar refractivity (Wildman–Crippen MR) is 109 cm³/mol. The summed E-state index contributed by atoms with van der Waals surface area (Å²) in [6.07, 6.45) is 0. The van der Waals surface area contributed by atoms with Crippen LogP contribution < -0.4 is 5.56 Å². The molecule has 0 saturated heterocycles. The Kier molecular flexibility index (Phi) is 5.75. The van der Waals surface area contributed by atoms with E-state index in [1.165, 1.54) is 11.8 Å². The largest absolute Gasteiger partial charge is 0.338 e. The number of benzene rings is 1. The van der Waals surface area contributed by atoms with Gasteiger partial charge < -0.3 is 4.90 Å². The van der Waals surface area contributed by atoms with E-state index in [4.69, 9.17) is 0 Å². The fraction of sp³-hybridized carbons (Fsp3) is 0.476. The normalized spacial score (nSPS) is 16.7. The third kappa shape index (κ3) is 4.43. The van der Waals surface area contributed by atoms with Gasteiger partial charge in [-0.15, -0.1) is 0 Å². The van der Waals surface area contributed by atoms with Crippen LogP contribution in [0.25, 0.3) is 0 Å². The van der Waals surface area contributed by atoms with Crippen molar-refractivity contribution in [3.05, 3.63) is 58.0 Å². The highest BCUT2D eigenvalue weighted by Gasteiger charge is 2.30. The summed E-state index contributed by atoms with van der Waals surface area (Å²) in [5.41, 5.74) is 1.68. The maximum absolute atomic E-state index is 13.1. The van der Waals surface area contributed by atoms with E-state index in [9.17, 15) is 9.59 Å². The number of hydrogen-bond acceptors (Lipinski definition) is 4. The highest BCUT2D eigenvalue weighted by molar-refractivity contribution is 7.99. The molecule has 0 fully saturated rings. The molecule has 144 valence electrons. The van der Waals surface area contributed by atoms with Crippen LogP contribution in [0.3, 0.4) is 0 Å². The van der Waals surface area contributed by atoms with Gasteiger partial charge in [-0.1, -0.05) is 62.9 Å². The molecule has 27 heavy (non-hydrogen) atoms. The van der Waals surface area contributed by atoms with Crippen LogP contribution in [0, 0.1) is 5.92 Å². The van der Waals surface area contributed by atoms with Crippen LogP contribution in [0.5, 0.6) is 0 Å². The minimum Gasteiger partial charge on any atom is -0.338 e. The average molecular weight is 386 g/mol. The molecule has 1 amide bonds. The van der Waals surface area contributed by atoms with Gasteiger partial charge >= 0.3 is 0 Å². The first-order chi connectivity index (χ1) is 12.8. The van der Waals surface area contributed by atoms with E-state index in [1.807, 2.05) is 62.9 Å². The van der Waals surface area contributed by atoms with Crippen molar-refractivity contribution in [2.24, 2.45) is 5.92 Å². The molecule has 0 spiro atoms. The molecular weight excluding hydrogens is 358 g/mol. The molecule has 1 aromatic heterocycles. The third-order valence-corrected chi connectivity index (χ3v) is 5.96. The van der Waals surface area contributed by atoms with E-state index in [-0.39, 0.29) is 22.8 Å². The van der Waals surface area contributed by atoms with Gasteiger partial charge in [0.1, 0.15) is 0 Å². The number of hydrogen-bond donors (Lipinski definition) is 0. The maximum Gasteiger partial charge on any atom is 0.254 e. The van der Waals surface area contributed by atoms with Crippen LogP contribution in [-0.4, -0.2) is 32.7 Å². The van der Waals surface area contributed by atoms with E-state index < -0.39 is 0 Å². The van der Waals surface area contributed by atoms with Crippen molar-refractivity contribution in [1.29, 1.82) is 0 Å². The van der Waals surface area contributed by atoms with Gasteiger partial charge in [0.2, 0.25) is 5.91 Å². The van der Waals surface area contributed by atoms with Crippen LogP contribution in [0.1, 0.15) is 39.0 Å². The van der Waals surface area contributed by atoms with E-state index in [2.05, 4.69) is 4.98 Å². The molecule has 0 N–H and O–H groups in total. The summed E-state index contributed by atoms with van der Waals surface area (Å²) in [7, 11) is 0. The first kappa shape index (κ1) is 19.7. The van der Waals surface area contributed by atoms with Crippen molar-refractivity contribution >= 4 is 17.7 Å². The fourth-order valence-corrected chi connectivity index (χ4v) is 4.23. The molecule has 1 aliphatic heterocycles. The molecule has 0 radical (unpaired) electrons. The van der Waals surface area contributed by atoms with Gasteiger partial charge in [-0.3, -0.25) is 14.2 Å². The van der Waals surface area contributed by atoms with Crippen molar-refractivity contribution in [3.63, 3.8) is 0 Å². The molecule has 5 nitrogen and oxygen atoms in total. The minimum absolute atomic E-state index is 0.0685. The van der Waals surface area contributed by atoms with E-state index in [0.717, 1.165) is 16.4 Å². The van der Waals surface area contributed by atoms with Gasteiger partial charge in [0.05, 0.1) is 11.6 Å². The van der Waals surface area contributed by atoms with Crippen molar-refractivity contribution in [2.75, 3.05) is 12.3 Å². The van der Waals surface area contributed by atoms with Gasteiger partial charge in [-0.2, -0.15) is 0 Å². The Hall–Kier alpha value is -2.08. The zero-order valence-corrected chi connectivity index (χ0v) is 17.3. The molecule has 1 atom stereocenters. The van der Waals surface area contributed by atoms with E-state index in [0.29, 0.717) is 25.4 Å². The van der Waals surface area contributed by atoms with Crippen molar-refractivity contribution in [3.8, 4) is 0 Å². The minimum atomic E-state index is -0.203. The second kappa shape index (κ2) is 7.89. The van der Waals surface area contributed by atoms with Crippen molar-refractivity contribution < 1.29 is 4.79 Å². The summed E-state index contributed by atoms with van der Waals surface area (Å²) in [6.45, 7) is 9.80. The highest BCUT2D eigenvalue weighted by Crippen LogP contribution is 2.29. The molecule has 0 saturated carbocycles. The third-order valence-electron chi connectivity index (χ3n) is 4.82. The number of nitrogens with zero attached hydrogens (tertiary/aromatic N) is 3. The van der Waals surface area contributed by atoms with Crippen LogP contribution in [0.4, 0.5) is 0 Å². The SMILES string of the molecule is CCN(Cc1ccccc1)C(=O)C1CSc2nc(C(C)(C)C)cc(=O)n2C1. The topological polar surface area (TPSA) is 55.2 Å². The molecule has 2 aromatic rings. The summed E-state index contributed by atoms with van der Waals surface area (Å²) >= 11 is 1.51. The summed E-state index contributed by atoms with van der Waals surface area (Å²) in [5, 5.41) is 0.725. The molecule has 6 heteroatoms. The monoisotopic (exact) mass is 385 g/mol. The summed E-state index contributed by atoms with van der Waals surface area (Å²) < 4.78 is 1.66. The Morgan fingerprint density at radius 1 is 1.30 bits per heavy atom. The average Bonchev–Trinajstić information content (AvgIpc) is 2.65. The van der Waals surface area contributed by atoms with Crippen molar-refractivity contribution in [2.45, 2.75) is 51.4 Å². The molecule has 2 heterocycles. The Morgan fingerprint density at radius 2 is 2.00 bits per heavy atom. The van der Waals surface area contributed by atoms with Gasteiger partial charge in [-0.25, -0.2) is 4.98 Å². The second-order valence-corrected chi connectivity index (χ2v) is 8.96. The van der Waals surface area contributed by atoms with Gasteiger partial charge in [0.15, 0.2) is 5.16 Å². The number of fused-ring (bicyclic) bond motifs is 1. The maximum atomic E-state index is 13.1. The lowest BCUT2D eigenvalue weighted by Gasteiger charge is -2.30. The number of thioether (sulfide) groups is 1. The number of aromatic nitrogens is 2. The van der Waals surface area contributed by atoms with E-state index in [1.54, 1.807) is 10.6 Å². The number of carbonyl (C=O) groups excluding carboxylic acids is 1. The lowest BCUT2D eigenvalue weighted by atomic mass is 9.92. The summed E-state index contributed by atoms with van der Waals surface area (Å²) in [4.78, 5) is 32.2. The molecule has 1 aromatic carbocycles. The predicted octanol–water partition coefficient (Wildman–Crippen LogP) is 3.31. The Labute approximate surface area is 164 Å². The lowest BCUT2D eigenvalue weighted by molar-refractivity contribution is -0.135. The molecule has 3 rings (SSSR count). The Bertz CT molecular complexity index is 871. The summed E-state index contributed by atoms with van der Waals surface area (Å²) in [6, 6.07) is 11.6. The lowest BCUT2D eigenvalue weighted by Crippen LogP contribution is -2.42. The number of carbonyl (C=O) groups is 1. The van der Waals surface area contributed by atoms with Gasteiger partial charge in [-0.05, 0) is 12.5 Å². The second-order valence-electron chi connectivity index (χ2n) is 7.97. The smallest absolute Gasteiger partial charge is 0.254 e. The zero-order chi connectivity index (χ0) is 19.6. The summed E-state index contributed by atoms with van der Waals surface area (Å²) in [5.74, 6) is 0.557. The Morgan fingerprint density at radius 3 is 2.63 bits per heavy atom. The molecular formula is C21H27N3O2S. The number of amides is 1. The zero-order valence-electron chi connectivity index (χ0n) is 16.4. The first-order valence-corrected chi connectivity index (χ1v) is 10.4. The van der Waals surface area contributed by atoms with Crippen LogP contribution in [0.15, 0.2) is 46.3 Å². The van der Waals surface area contributed by atoms with Crippen LogP contribution in [-0.2, 0) is 23.3 Å². The van der Waals surface area contributed by atoms with Gasteiger partial charge in [0, 0.05) is 36.9 Å². The molecule has 1 aliphatic rings. The number of rotatable bonds is 4. The van der Waals surface area contributed by atoms with E-state index >= 15 is 0 Å². The fourth-order valence-electron chi connectivity index (χ4n) is 3.15. The van der Waals surface area contributed by atoms with Crippen LogP contribution >= 0.6 is 11.8 Å². The standard InChI is InChI=1S/C21H27N3O2S/c1-5-23(12-15-9-7-6-8-10-15)19(26)16-13-24-18(25)11-17(21(2,3)4)22-20(24)27-14-16/h6-11,16H,5,12-14H2,1-4H3. The Balaban J connectivity index is 1.78. The van der Waals surface area contributed by atoms with Gasteiger partial charge in [0.25, 0.3) is 5.56 Å².